The normalized spacial score (nSPS) is 11.4. The van der Waals surface area contributed by atoms with Gasteiger partial charge in [0.2, 0.25) is 10.0 Å². The number of carbonyl (C=O) groups is 2. The summed E-state index contributed by atoms with van der Waals surface area (Å²) in [5.74, 6) is -1.40. The quantitative estimate of drug-likeness (QED) is 0.615. The van der Waals surface area contributed by atoms with Crippen LogP contribution in [0.5, 0.6) is 0 Å². The highest BCUT2D eigenvalue weighted by molar-refractivity contribution is 7.89. The third kappa shape index (κ3) is 5.59. The van der Waals surface area contributed by atoms with E-state index < -0.39 is 28.5 Å². The van der Waals surface area contributed by atoms with Crippen LogP contribution in [0.3, 0.4) is 0 Å². The Kier molecular flexibility index (Phi) is 8.00. The zero-order valence-corrected chi connectivity index (χ0v) is 18.9. The van der Waals surface area contributed by atoms with Crippen molar-refractivity contribution in [3.05, 3.63) is 58.1 Å². The monoisotopic (exact) mass is 452 g/mol. The third-order valence-corrected chi connectivity index (χ3v) is 6.88. The van der Waals surface area contributed by atoms with E-state index in [1.54, 1.807) is 13.8 Å². The highest BCUT2D eigenvalue weighted by atomic mass is 35.5. The average molecular weight is 453 g/mol. The Bertz CT molecular complexity index is 1050. The number of esters is 1. The maximum absolute atomic E-state index is 12.7. The number of nitrogens with one attached hydrogen (secondary N) is 1. The van der Waals surface area contributed by atoms with Gasteiger partial charge in [0.05, 0.1) is 15.5 Å². The van der Waals surface area contributed by atoms with Crippen molar-refractivity contribution in [3.63, 3.8) is 0 Å². The average Bonchev–Trinajstić information content (AvgIpc) is 2.69. The van der Waals surface area contributed by atoms with E-state index in [1.165, 1.54) is 22.5 Å². The van der Waals surface area contributed by atoms with E-state index in [-0.39, 0.29) is 15.5 Å². The van der Waals surface area contributed by atoms with Crippen LogP contribution >= 0.6 is 11.6 Å². The summed E-state index contributed by atoms with van der Waals surface area (Å²) in [5, 5.41) is 2.72. The number of carbonyl (C=O) groups excluding carboxylic acids is 2. The number of rotatable bonds is 8. The van der Waals surface area contributed by atoms with Crippen LogP contribution in [0.1, 0.15) is 35.3 Å². The number of amides is 1. The van der Waals surface area contributed by atoms with Crippen LogP contribution in [0.15, 0.2) is 41.3 Å². The van der Waals surface area contributed by atoms with Gasteiger partial charge in [-0.2, -0.15) is 4.31 Å². The van der Waals surface area contributed by atoms with E-state index in [4.69, 9.17) is 16.3 Å². The molecule has 2 aromatic rings. The van der Waals surface area contributed by atoms with Crippen LogP contribution in [0.4, 0.5) is 5.69 Å². The molecule has 0 saturated heterocycles. The number of halogens is 1. The fourth-order valence-corrected chi connectivity index (χ4v) is 4.48. The van der Waals surface area contributed by atoms with E-state index in [0.29, 0.717) is 18.8 Å². The first kappa shape index (κ1) is 23.9. The van der Waals surface area contributed by atoms with Gasteiger partial charge in [0.25, 0.3) is 5.91 Å². The molecule has 0 unspecified atom stereocenters. The summed E-state index contributed by atoms with van der Waals surface area (Å²) < 4.78 is 31.7. The summed E-state index contributed by atoms with van der Waals surface area (Å²) in [6, 6.07) is 9.43. The molecule has 1 amide bonds. The summed E-state index contributed by atoms with van der Waals surface area (Å²) in [6.45, 7) is 7.25. The Morgan fingerprint density at radius 3 is 2.37 bits per heavy atom. The predicted octanol–water partition coefficient (Wildman–Crippen LogP) is 3.78. The molecule has 9 heteroatoms. The van der Waals surface area contributed by atoms with Crippen molar-refractivity contribution in [2.75, 3.05) is 25.0 Å². The zero-order chi connectivity index (χ0) is 22.5. The lowest BCUT2D eigenvalue weighted by molar-refractivity contribution is -0.119. The van der Waals surface area contributed by atoms with Crippen molar-refractivity contribution < 1.29 is 22.7 Å². The molecule has 0 aliphatic heterocycles. The molecular weight excluding hydrogens is 428 g/mol. The summed E-state index contributed by atoms with van der Waals surface area (Å²) >= 11 is 6.06. The summed E-state index contributed by atoms with van der Waals surface area (Å²) in [7, 11) is -3.77. The van der Waals surface area contributed by atoms with E-state index >= 15 is 0 Å². The van der Waals surface area contributed by atoms with Gasteiger partial charge in [-0.05, 0) is 49.2 Å². The van der Waals surface area contributed by atoms with Crippen molar-refractivity contribution in [1.82, 2.24) is 4.31 Å². The molecule has 1 N–H and O–H groups in total. The smallest absolute Gasteiger partial charge is 0.340 e. The molecule has 0 spiro atoms. The lowest BCUT2D eigenvalue weighted by Crippen LogP contribution is -2.30. The minimum atomic E-state index is -3.77. The molecule has 0 aliphatic carbocycles. The number of aryl methyl sites for hydroxylation is 2. The molecule has 7 nitrogen and oxygen atoms in total. The molecular formula is C21H25ClN2O5S. The highest BCUT2D eigenvalue weighted by Gasteiger charge is 2.24. The Morgan fingerprint density at radius 2 is 1.73 bits per heavy atom. The summed E-state index contributed by atoms with van der Waals surface area (Å²) in [6.07, 6.45) is 0. The Morgan fingerprint density at radius 1 is 1.07 bits per heavy atom. The summed E-state index contributed by atoms with van der Waals surface area (Å²) in [4.78, 5) is 24.5. The van der Waals surface area contributed by atoms with Gasteiger partial charge >= 0.3 is 5.97 Å². The van der Waals surface area contributed by atoms with Gasteiger partial charge in [-0.3, -0.25) is 4.79 Å². The maximum atomic E-state index is 12.7. The largest absolute Gasteiger partial charge is 0.452 e. The standard InChI is InChI=1S/C21H25ClN2O5S/c1-5-24(6-2)30(27,28)16-9-10-18(22)17(12-16)21(26)29-13-20(25)23-19-11-14(3)7-8-15(19)4/h7-12H,5-6,13H2,1-4H3,(H,23,25). The molecule has 0 fully saturated rings. The molecule has 0 atom stereocenters. The molecule has 0 radical (unpaired) electrons. The van der Waals surface area contributed by atoms with Gasteiger partial charge in [0.15, 0.2) is 6.61 Å². The number of nitrogens with zero attached hydrogens (tertiary/aromatic N) is 1. The van der Waals surface area contributed by atoms with Crippen molar-refractivity contribution in [3.8, 4) is 0 Å². The zero-order valence-electron chi connectivity index (χ0n) is 17.4. The minimum absolute atomic E-state index is 0.0356. The number of sulfonamides is 1. The Labute approximate surface area is 182 Å². The van der Waals surface area contributed by atoms with Gasteiger partial charge in [-0.1, -0.05) is 37.6 Å². The lowest BCUT2D eigenvalue weighted by Gasteiger charge is -2.19. The molecule has 0 bridgehead atoms. The van der Waals surface area contributed by atoms with Crippen LogP contribution in [-0.4, -0.2) is 44.3 Å². The fourth-order valence-electron chi connectivity index (χ4n) is 2.80. The molecule has 0 heterocycles. The van der Waals surface area contributed by atoms with Crippen molar-refractivity contribution in [1.29, 1.82) is 0 Å². The van der Waals surface area contributed by atoms with E-state index in [9.17, 15) is 18.0 Å². The molecule has 30 heavy (non-hydrogen) atoms. The molecule has 0 saturated carbocycles. The van der Waals surface area contributed by atoms with Crippen molar-refractivity contribution >= 4 is 39.2 Å². The molecule has 0 aliphatic rings. The second-order valence-corrected chi connectivity index (χ2v) is 9.02. The first-order valence-corrected chi connectivity index (χ1v) is 11.3. The van der Waals surface area contributed by atoms with Gasteiger partial charge in [-0.25, -0.2) is 13.2 Å². The number of ether oxygens (including phenoxy) is 1. The molecule has 0 aromatic heterocycles. The summed E-state index contributed by atoms with van der Waals surface area (Å²) in [5.41, 5.74) is 2.36. The van der Waals surface area contributed by atoms with E-state index in [2.05, 4.69) is 5.32 Å². The highest BCUT2D eigenvalue weighted by Crippen LogP contribution is 2.24. The van der Waals surface area contributed by atoms with E-state index in [0.717, 1.165) is 11.1 Å². The molecule has 2 aromatic carbocycles. The number of hydrogen-bond donors (Lipinski definition) is 1. The first-order chi connectivity index (χ1) is 14.1. The second kappa shape index (κ2) is 10.1. The number of anilines is 1. The topological polar surface area (TPSA) is 92.8 Å². The fraction of sp³-hybridized carbons (Fsp3) is 0.333. The first-order valence-electron chi connectivity index (χ1n) is 9.44. The van der Waals surface area contributed by atoms with Crippen LogP contribution in [0, 0.1) is 13.8 Å². The lowest BCUT2D eigenvalue weighted by atomic mass is 10.1. The van der Waals surface area contributed by atoms with Crippen LogP contribution in [0.25, 0.3) is 0 Å². The predicted molar refractivity (Wildman–Crippen MR) is 116 cm³/mol. The SMILES string of the molecule is CCN(CC)S(=O)(=O)c1ccc(Cl)c(C(=O)OCC(=O)Nc2cc(C)ccc2C)c1. The minimum Gasteiger partial charge on any atom is -0.452 e. The van der Waals surface area contributed by atoms with Crippen molar-refractivity contribution in [2.45, 2.75) is 32.6 Å². The van der Waals surface area contributed by atoms with Crippen LogP contribution in [0.2, 0.25) is 5.02 Å². The molecule has 162 valence electrons. The number of benzene rings is 2. The van der Waals surface area contributed by atoms with Crippen molar-refractivity contribution in [2.24, 2.45) is 0 Å². The Hall–Kier alpha value is -2.42. The van der Waals surface area contributed by atoms with Crippen LogP contribution in [-0.2, 0) is 19.6 Å². The molecule has 2 rings (SSSR count). The third-order valence-electron chi connectivity index (χ3n) is 4.50. The van der Waals surface area contributed by atoms with Crippen LogP contribution < -0.4 is 5.32 Å². The van der Waals surface area contributed by atoms with Gasteiger partial charge in [0, 0.05) is 18.8 Å². The van der Waals surface area contributed by atoms with Gasteiger partial charge < -0.3 is 10.1 Å². The van der Waals surface area contributed by atoms with Gasteiger partial charge in [-0.15, -0.1) is 0 Å². The number of hydrogen-bond acceptors (Lipinski definition) is 5. The van der Waals surface area contributed by atoms with Gasteiger partial charge in [0.1, 0.15) is 0 Å². The maximum Gasteiger partial charge on any atom is 0.340 e. The second-order valence-electron chi connectivity index (χ2n) is 6.67. The van der Waals surface area contributed by atoms with E-state index in [1.807, 2.05) is 32.0 Å². The Balaban J connectivity index is 2.13.